The molecule has 1 heterocycles. The molecule has 2 nitrogen and oxygen atoms in total. The molecule has 0 fully saturated rings. The van der Waals surface area contributed by atoms with Gasteiger partial charge in [0.25, 0.3) is 0 Å². The molecule has 0 aromatic heterocycles. The maximum atomic E-state index is 12.5. The van der Waals surface area contributed by atoms with Gasteiger partial charge in [-0.15, -0.1) is 18.3 Å². The Hall–Kier alpha value is -2.13. The van der Waals surface area contributed by atoms with E-state index in [9.17, 15) is 4.79 Å². The average Bonchev–Trinajstić information content (AvgIpc) is 2.56. The van der Waals surface area contributed by atoms with Gasteiger partial charge in [0.1, 0.15) is 0 Å². The number of rotatable bonds is 4. The van der Waals surface area contributed by atoms with Crippen LogP contribution < -0.4 is 0 Å². The summed E-state index contributed by atoms with van der Waals surface area (Å²) >= 11 is 1.59. The van der Waals surface area contributed by atoms with E-state index in [2.05, 4.69) is 41.9 Å². The van der Waals surface area contributed by atoms with Crippen molar-refractivity contribution in [1.82, 2.24) is 0 Å². The first-order valence-corrected chi connectivity index (χ1v) is 8.68. The number of hydrogen-bond acceptors (Lipinski definition) is 3. The first-order valence-electron chi connectivity index (χ1n) is 7.70. The van der Waals surface area contributed by atoms with Gasteiger partial charge in [-0.3, -0.25) is 9.79 Å². The number of aliphatic imine (C=N–C) groups is 1. The second kappa shape index (κ2) is 6.97. The van der Waals surface area contributed by atoms with Crippen LogP contribution >= 0.6 is 11.8 Å². The molecular weight excluding hydrogens is 302 g/mol. The zero-order valence-corrected chi connectivity index (χ0v) is 14.0. The number of ketones is 1. The van der Waals surface area contributed by atoms with E-state index < -0.39 is 0 Å². The summed E-state index contributed by atoms with van der Waals surface area (Å²) in [6, 6.07) is 14.5. The van der Waals surface area contributed by atoms with E-state index in [1.54, 1.807) is 11.8 Å². The van der Waals surface area contributed by atoms with E-state index in [-0.39, 0.29) is 5.78 Å². The lowest BCUT2D eigenvalue weighted by Gasteiger charge is -2.17. The molecule has 0 amide bonds. The minimum atomic E-state index is 0.192. The van der Waals surface area contributed by atoms with Crippen LogP contribution in [-0.4, -0.2) is 16.6 Å². The number of Topliss-reactive ketones (excluding diaryl/α,β-unsaturated/α-hetero) is 1. The standard InChI is InChI=1S/C20H19NOS/c1-3-11-23-20-13-19(22)18(14(2)21-20)12-16-9-6-8-15-7-4-5-10-17(15)16/h3-10H,1,11-13H2,2H3. The van der Waals surface area contributed by atoms with E-state index in [1.807, 2.05) is 25.1 Å². The Morgan fingerprint density at radius 1 is 1.22 bits per heavy atom. The molecule has 0 N–H and O–H groups in total. The van der Waals surface area contributed by atoms with Gasteiger partial charge in [0.05, 0.1) is 11.5 Å². The fourth-order valence-electron chi connectivity index (χ4n) is 2.84. The number of hydrogen-bond donors (Lipinski definition) is 0. The van der Waals surface area contributed by atoms with Gasteiger partial charge < -0.3 is 0 Å². The van der Waals surface area contributed by atoms with Gasteiger partial charge >= 0.3 is 0 Å². The van der Waals surface area contributed by atoms with Crippen molar-refractivity contribution in [3.05, 3.63) is 72.0 Å². The highest BCUT2D eigenvalue weighted by Gasteiger charge is 2.21. The molecule has 3 heteroatoms. The van der Waals surface area contributed by atoms with Crippen LogP contribution in [0.4, 0.5) is 0 Å². The Morgan fingerprint density at radius 3 is 2.78 bits per heavy atom. The molecule has 0 saturated carbocycles. The van der Waals surface area contributed by atoms with E-state index in [0.717, 1.165) is 22.1 Å². The quantitative estimate of drug-likeness (QED) is 0.746. The van der Waals surface area contributed by atoms with Crippen LogP contribution in [0.25, 0.3) is 10.8 Å². The minimum Gasteiger partial charge on any atom is -0.294 e. The first-order chi connectivity index (χ1) is 11.2. The van der Waals surface area contributed by atoms with Crippen LogP contribution in [-0.2, 0) is 11.2 Å². The van der Waals surface area contributed by atoms with Crippen LogP contribution in [0.3, 0.4) is 0 Å². The lowest BCUT2D eigenvalue weighted by molar-refractivity contribution is -0.114. The van der Waals surface area contributed by atoms with Crippen molar-refractivity contribution >= 4 is 33.4 Å². The fraction of sp³-hybridized carbons (Fsp3) is 0.200. The van der Waals surface area contributed by atoms with Crippen molar-refractivity contribution in [2.24, 2.45) is 4.99 Å². The Balaban J connectivity index is 1.93. The molecule has 2 aromatic carbocycles. The summed E-state index contributed by atoms with van der Waals surface area (Å²) in [5.74, 6) is 0.981. The van der Waals surface area contributed by atoms with Gasteiger partial charge in [-0.1, -0.05) is 48.5 Å². The molecule has 2 aromatic rings. The second-order valence-corrected chi connectivity index (χ2v) is 6.68. The number of thioether (sulfide) groups is 1. The zero-order valence-electron chi connectivity index (χ0n) is 13.2. The van der Waals surface area contributed by atoms with Crippen LogP contribution in [0.1, 0.15) is 18.9 Å². The Bertz CT molecular complexity index is 827. The van der Waals surface area contributed by atoms with Crippen LogP contribution in [0.2, 0.25) is 0 Å². The topological polar surface area (TPSA) is 29.4 Å². The fourth-order valence-corrected chi connectivity index (χ4v) is 3.59. The van der Waals surface area contributed by atoms with Gasteiger partial charge in [0.2, 0.25) is 0 Å². The summed E-state index contributed by atoms with van der Waals surface area (Å²) in [5.41, 5.74) is 2.87. The summed E-state index contributed by atoms with van der Waals surface area (Å²) in [6.07, 6.45) is 2.90. The second-order valence-electron chi connectivity index (χ2n) is 5.58. The van der Waals surface area contributed by atoms with Crippen molar-refractivity contribution in [3.63, 3.8) is 0 Å². The predicted octanol–water partition coefficient (Wildman–Crippen LogP) is 4.95. The number of allylic oxidation sites excluding steroid dienone is 2. The van der Waals surface area contributed by atoms with Gasteiger partial charge in [0.15, 0.2) is 5.78 Å². The summed E-state index contributed by atoms with van der Waals surface area (Å²) in [6.45, 7) is 5.65. The highest BCUT2D eigenvalue weighted by molar-refractivity contribution is 8.14. The normalized spacial score (nSPS) is 15.0. The molecule has 0 unspecified atom stereocenters. The van der Waals surface area contributed by atoms with Gasteiger partial charge in [-0.05, 0) is 23.3 Å². The number of nitrogens with zero attached hydrogens (tertiary/aromatic N) is 1. The first kappa shape index (κ1) is 15.8. The molecule has 116 valence electrons. The lowest BCUT2D eigenvalue weighted by Crippen LogP contribution is -2.16. The predicted molar refractivity (Wildman–Crippen MR) is 100 cm³/mol. The van der Waals surface area contributed by atoms with Crippen LogP contribution in [0.15, 0.2) is 71.4 Å². The molecule has 0 saturated heterocycles. The summed E-state index contributed by atoms with van der Waals surface area (Å²) < 4.78 is 0. The third-order valence-corrected chi connectivity index (χ3v) is 4.96. The number of fused-ring (bicyclic) bond motifs is 1. The number of carbonyl (C=O) groups excluding carboxylic acids is 1. The van der Waals surface area contributed by atoms with Crippen LogP contribution in [0, 0.1) is 0 Å². The molecule has 0 atom stereocenters. The highest BCUT2D eigenvalue weighted by Crippen LogP contribution is 2.27. The highest BCUT2D eigenvalue weighted by atomic mass is 32.2. The summed E-state index contributed by atoms with van der Waals surface area (Å²) in [7, 11) is 0. The molecule has 0 radical (unpaired) electrons. The third-order valence-electron chi connectivity index (χ3n) is 3.99. The largest absolute Gasteiger partial charge is 0.294 e. The Kier molecular flexibility index (Phi) is 4.77. The molecular formula is C20H19NOS. The van der Waals surface area contributed by atoms with E-state index in [0.29, 0.717) is 12.8 Å². The van der Waals surface area contributed by atoms with Gasteiger partial charge in [-0.2, -0.15) is 0 Å². The van der Waals surface area contributed by atoms with E-state index >= 15 is 0 Å². The molecule has 0 aliphatic carbocycles. The number of carbonyl (C=O) groups is 1. The lowest BCUT2D eigenvalue weighted by atomic mass is 9.93. The number of benzene rings is 2. The SMILES string of the molecule is C=CCSC1=NC(C)=C(Cc2cccc3ccccc23)C(=O)C1. The monoisotopic (exact) mass is 321 g/mol. The molecule has 0 spiro atoms. The average molecular weight is 321 g/mol. The van der Waals surface area contributed by atoms with Crippen molar-refractivity contribution < 1.29 is 4.79 Å². The maximum Gasteiger partial charge on any atom is 0.167 e. The van der Waals surface area contributed by atoms with E-state index in [1.165, 1.54) is 16.3 Å². The van der Waals surface area contributed by atoms with Gasteiger partial charge in [0, 0.05) is 23.4 Å². The van der Waals surface area contributed by atoms with Crippen LogP contribution in [0.5, 0.6) is 0 Å². The maximum absolute atomic E-state index is 12.5. The Morgan fingerprint density at radius 2 is 2.00 bits per heavy atom. The van der Waals surface area contributed by atoms with Crippen molar-refractivity contribution in [2.45, 2.75) is 19.8 Å². The molecule has 1 aliphatic rings. The van der Waals surface area contributed by atoms with Crippen molar-refractivity contribution in [1.29, 1.82) is 0 Å². The molecule has 1 aliphatic heterocycles. The zero-order chi connectivity index (χ0) is 16.2. The van der Waals surface area contributed by atoms with Crippen molar-refractivity contribution in [3.8, 4) is 0 Å². The van der Waals surface area contributed by atoms with Crippen molar-refractivity contribution in [2.75, 3.05) is 5.75 Å². The smallest absolute Gasteiger partial charge is 0.167 e. The Labute approximate surface area is 141 Å². The minimum absolute atomic E-state index is 0.192. The third kappa shape index (κ3) is 3.45. The van der Waals surface area contributed by atoms with E-state index in [4.69, 9.17) is 0 Å². The molecule has 23 heavy (non-hydrogen) atoms. The molecule has 0 bridgehead atoms. The molecule has 3 rings (SSSR count). The summed E-state index contributed by atoms with van der Waals surface area (Å²) in [4.78, 5) is 17.2. The summed E-state index contributed by atoms with van der Waals surface area (Å²) in [5, 5.41) is 3.31. The van der Waals surface area contributed by atoms with Gasteiger partial charge in [-0.25, -0.2) is 0 Å².